The minimum atomic E-state index is -0.188. The van der Waals surface area contributed by atoms with Crippen molar-refractivity contribution in [3.63, 3.8) is 0 Å². The van der Waals surface area contributed by atoms with Crippen molar-refractivity contribution in [2.24, 2.45) is 0 Å². The summed E-state index contributed by atoms with van der Waals surface area (Å²) in [6.07, 6.45) is 0.228. The molecule has 0 radical (unpaired) electrons. The van der Waals surface area contributed by atoms with Crippen LogP contribution in [-0.2, 0) is 4.79 Å². The van der Waals surface area contributed by atoms with Crippen LogP contribution in [0.15, 0.2) is 36.4 Å². The van der Waals surface area contributed by atoms with Gasteiger partial charge in [-0.05, 0) is 31.2 Å². The Hall–Kier alpha value is -1.13. The van der Waals surface area contributed by atoms with Crippen molar-refractivity contribution in [3.05, 3.63) is 56.5 Å². The van der Waals surface area contributed by atoms with Gasteiger partial charge in [0.25, 0.3) is 0 Å². The first-order chi connectivity index (χ1) is 10.9. The predicted octanol–water partition coefficient (Wildman–Crippen LogP) is 6.13. The average Bonchev–Trinajstić information content (AvgIpc) is 2.48. The van der Waals surface area contributed by atoms with Crippen LogP contribution in [0.25, 0.3) is 0 Å². The molecule has 2 aromatic carbocycles. The highest BCUT2D eigenvalue weighted by Crippen LogP contribution is 2.31. The van der Waals surface area contributed by atoms with Gasteiger partial charge in [0.15, 0.2) is 0 Å². The van der Waals surface area contributed by atoms with Crippen LogP contribution < -0.4 is 10.6 Å². The van der Waals surface area contributed by atoms with E-state index in [-0.39, 0.29) is 18.4 Å². The summed E-state index contributed by atoms with van der Waals surface area (Å²) in [6, 6.07) is 10.2. The van der Waals surface area contributed by atoms with E-state index < -0.39 is 0 Å². The van der Waals surface area contributed by atoms with Crippen LogP contribution in [-0.4, -0.2) is 11.9 Å². The second kappa shape index (κ2) is 8.11. The van der Waals surface area contributed by atoms with Crippen molar-refractivity contribution < 1.29 is 4.79 Å². The topological polar surface area (TPSA) is 41.1 Å². The molecule has 0 aromatic heterocycles. The maximum atomic E-state index is 12.1. The molecule has 2 aromatic rings. The Morgan fingerprint density at radius 3 is 2.09 bits per heavy atom. The largest absolute Gasteiger partial charge is 0.381 e. The van der Waals surface area contributed by atoms with Crippen molar-refractivity contribution in [3.8, 4) is 0 Å². The summed E-state index contributed by atoms with van der Waals surface area (Å²) in [5.41, 5.74) is 1.16. The Bertz CT molecular complexity index is 721. The van der Waals surface area contributed by atoms with Gasteiger partial charge in [0.05, 0.1) is 31.5 Å². The summed E-state index contributed by atoms with van der Waals surface area (Å²) in [5, 5.41) is 7.49. The predicted molar refractivity (Wildman–Crippen MR) is 99.3 cm³/mol. The quantitative estimate of drug-likeness (QED) is 0.643. The molecule has 0 aliphatic carbocycles. The maximum absolute atomic E-state index is 12.1. The lowest BCUT2D eigenvalue weighted by molar-refractivity contribution is -0.116. The molecule has 0 spiro atoms. The van der Waals surface area contributed by atoms with Crippen LogP contribution in [0.3, 0.4) is 0 Å². The first kappa shape index (κ1) is 18.2. The smallest absolute Gasteiger partial charge is 0.226 e. The lowest BCUT2D eigenvalue weighted by Gasteiger charge is -2.17. The van der Waals surface area contributed by atoms with E-state index in [1.165, 1.54) is 0 Å². The van der Waals surface area contributed by atoms with Crippen molar-refractivity contribution in [1.29, 1.82) is 0 Å². The number of carbonyl (C=O) groups is 1. The van der Waals surface area contributed by atoms with Crippen LogP contribution in [0.5, 0.6) is 0 Å². The van der Waals surface area contributed by atoms with Gasteiger partial charge in [-0.15, -0.1) is 0 Å². The van der Waals surface area contributed by atoms with E-state index in [1.54, 1.807) is 36.4 Å². The summed E-state index contributed by atoms with van der Waals surface area (Å²) < 4.78 is 0. The van der Waals surface area contributed by atoms with E-state index in [0.29, 0.717) is 31.5 Å². The Kier molecular flexibility index (Phi) is 6.42. The third-order valence-corrected chi connectivity index (χ3v) is 4.71. The van der Waals surface area contributed by atoms with Crippen molar-refractivity contribution in [1.82, 2.24) is 0 Å². The fourth-order valence-electron chi connectivity index (χ4n) is 2.01. The van der Waals surface area contributed by atoms with Gasteiger partial charge in [-0.2, -0.15) is 0 Å². The number of amides is 1. The van der Waals surface area contributed by atoms with Gasteiger partial charge in [-0.1, -0.05) is 58.5 Å². The number of benzene rings is 2. The highest BCUT2D eigenvalue weighted by atomic mass is 35.5. The third-order valence-electron chi connectivity index (χ3n) is 3.07. The zero-order valence-corrected chi connectivity index (χ0v) is 15.2. The molecule has 2 rings (SSSR count). The van der Waals surface area contributed by atoms with E-state index in [9.17, 15) is 4.79 Å². The van der Waals surface area contributed by atoms with Crippen LogP contribution in [0.1, 0.15) is 13.3 Å². The van der Waals surface area contributed by atoms with Gasteiger partial charge < -0.3 is 10.6 Å². The Labute approximate surface area is 154 Å². The number of hydrogen-bond donors (Lipinski definition) is 2. The van der Waals surface area contributed by atoms with Gasteiger partial charge in [-0.3, -0.25) is 4.79 Å². The molecule has 1 atom stereocenters. The second-order valence-corrected chi connectivity index (χ2v) is 6.57. The molecule has 122 valence electrons. The molecular formula is C16H14Cl4N2O. The summed E-state index contributed by atoms with van der Waals surface area (Å²) in [5.74, 6) is -0.188. The number of carbonyl (C=O) groups excluding carboxylic acids is 1. The Morgan fingerprint density at radius 1 is 0.957 bits per heavy atom. The van der Waals surface area contributed by atoms with Crippen molar-refractivity contribution >= 4 is 63.7 Å². The summed E-state index contributed by atoms with van der Waals surface area (Å²) in [4.78, 5) is 12.1. The minimum absolute atomic E-state index is 0.149. The zero-order valence-electron chi connectivity index (χ0n) is 12.2. The monoisotopic (exact) mass is 390 g/mol. The molecule has 1 amide bonds. The molecule has 2 N–H and O–H groups in total. The molecule has 7 heteroatoms. The molecule has 0 fully saturated rings. The molecule has 0 saturated carbocycles. The van der Waals surface area contributed by atoms with Gasteiger partial charge in [0, 0.05) is 12.5 Å². The molecular weight excluding hydrogens is 378 g/mol. The number of halogens is 4. The molecule has 23 heavy (non-hydrogen) atoms. The average molecular weight is 392 g/mol. The molecule has 3 nitrogen and oxygen atoms in total. The second-order valence-electron chi connectivity index (χ2n) is 5.00. The zero-order chi connectivity index (χ0) is 17.0. The SMILES string of the molecule is CC(CC(=O)Nc1cccc(Cl)c1Cl)Nc1cccc(Cl)c1Cl. The van der Waals surface area contributed by atoms with E-state index in [4.69, 9.17) is 46.4 Å². The molecule has 0 bridgehead atoms. The Balaban J connectivity index is 1.97. The van der Waals surface area contributed by atoms with E-state index in [1.807, 2.05) is 6.92 Å². The fraction of sp³-hybridized carbons (Fsp3) is 0.188. The number of rotatable bonds is 5. The lowest BCUT2D eigenvalue weighted by Crippen LogP contribution is -2.24. The summed E-state index contributed by atoms with van der Waals surface area (Å²) >= 11 is 24.0. The van der Waals surface area contributed by atoms with Crippen LogP contribution in [0, 0.1) is 0 Å². The standard InChI is InChI=1S/C16H14Cl4N2O/c1-9(21-12-6-2-4-10(17)15(12)19)8-14(23)22-13-7-3-5-11(18)16(13)20/h2-7,9,21H,8H2,1H3,(H,22,23). The lowest BCUT2D eigenvalue weighted by atomic mass is 10.2. The maximum Gasteiger partial charge on any atom is 0.226 e. The third kappa shape index (κ3) is 4.92. The van der Waals surface area contributed by atoms with Gasteiger partial charge >= 0.3 is 0 Å². The van der Waals surface area contributed by atoms with Crippen molar-refractivity contribution in [2.45, 2.75) is 19.4 Å². The van der Waals surface area contributed by atoms with E-state index in [2.05, 4.69) is 10.6 Å². The summed E-state index contributed by atoms with van der Waals surface area (Å²) in [7, 11) is 0. The normalized spacial score (nSPS) is 11.9. The van der Waals surface area contributed by atoms with E-state index >= 15 is 0 Å². The fourth-order valence-corrected chi connectivity index (χ4v) is 2.71. The molecule has 0 heterocycles. The van der Waals surface area contributed by atoms with E-state index in [0.717, 1.165) is 0 Å². The number of nitrogens with one attached hydrogen (secondary N) is 2. The molecule has 0 aliphatic heterocycles. The molecule has 1 unspecified atom stereocenters. The molecule has 0 aliphatic rings. The van der Waals surface area contributed by atoms with Crippen LogP contribution in [0.2, 0.25) is 20.1 Å². The van der Waals surface area contributed by atoms with Crippen LogP contribution >= 0.6 is 46.4 Å². The minimum Gasteiger partial charge on any atom is -0.381 e. The Morgan fingerprint density at radius 2 is 1.48 bits per heavy atom. The number of hydrogen-bond acceptors (Lipinski definition) is 2. The first-order valence-electron chi connectivity index (χ1n) is 6.83. The van der Waals surface area contributed by atoms with Gasteiger partial charge in [-0.25, -0.2) is 0 Å². The first-order valence-corrected chi connectivity index (χ1v) is 8.34. The van der Waals surface area contributed by atoms with Crippen LogP contribution in [0.4, 0.5) is 11.4 Å². The highest BCUT2D eigenvalue weighted by molar-refractivity contribution is 6.44. The van der Waals surface area contributed by atoms with Gasteiger partial charge in [0.2, 0.25) is 5.91 Å². The summed E-state index contributed by atoms with van der Waals surface area (Å²) in [6.45, 7) is 1.87. The van der Waals surface area contributed by atoms with Crippen molar-refractivity contribution in [2.75, 3.05) is 10.6 Å². The molecule has 0 saturated heterocycles. The number of anilines is 2. The highest BCUT2D eigenvalue weighted by Gasteiger charge is 2.13. The van der Waals surface area contributed by atoms with Gasteiger partial charge in [0.1, 0.15) is 0 Å².